The van der Waals surface area contributed by atoms with Gasteiger partial charge < -0.3 is 4.74 Å². The molecule has 0 radical (unpaired) electrons. The molecule has 3 nitrogen and oxygen atoms in total. The highest BCUT2D eigenvalue weighted by Crippen LogP contribution is 2.24. The summed E-state index contributed by atoms with van der Waals surface area (Å²) in [5, 5.41) is 17.0. The van der Waals surface area contributed by atoms with Gasteiger partial charge in [0.05, 0.1) is 6.61 Å². The third-order valence-corrected chi connectivity index (χ3v) is 1.86. The van der Waals surface area contributed by atoms with E-state index < -0.39 is 17.4 Å². The second-order valence-corrected chi connectivity index (χ2v) is 3.03. The second kappa shape index (κ2) is 5.62. The first-order valence-electron chi connectivity index (χ1n) is 4.76. The van der Waals surface area contributed by atoms with E-state index in [1.807, 2.05) is 0 Å². The molecule has 1 aromatic rings. The maximum absolute atomic E-state index is 13.4. The van der Waals surface area contributed by atoms with E-state index in [-0.39, 0.29) is 17.7 Å². The van der Waals surface area contributed by atoms with Crippen LogP contribution in [0, 0.1) is 34.3 Å². The molecule has 0 saturated carbocycles. The molecule has 0 amide bonds. The average Bonchev–Trinajstić information content (AvgIpc) is 2.30. The number of nitrogens with zero attached hydrogens (tertiary/aromatic N) is 2. The molecular weight excluding hydrogens is 226 g/mol. The molecule has 0 aliphatic rings. The number of hydrogen-bond acceptors (Lipinski definition) is 3. The van der Waals surface area contributed by atoms with Gasteiger partial charge in [0.25, 0.3) is 0 Å². The minimum absolute atomic E-state index is 0.0987. The first-order valence-corrected chi connectivity index (χ1v) is 4.76. The number of rotatable bonds is 3. The summed E-state index contributed by atoms with van der Waals surface area (Å²) in [6.45, 7) is 1.75. The number of benzene rings is 1. The van der Waals surface area contributed by atoms with E-state index >= 15 is 0 Å². The normalized spacial score (nSPS) is 9.00. The zero-order valence-corrected chi connectivity index (χ0v) is 9.00. The second-order valence-electron chi connectivity index (χ2n) is 3.03. The summed E-state index contributed by atoms with van der Waals surface area (Å²) in [6.07, 6.45) is 1.10. The van der Waals surface area contributed by atoms with Crippen molar-refractivity contribution in [3.63, 3.8) is 0 Å². The molecule has 0 atom stereocenters. The smallest absolute Gasteiger partial charge is 0.190 e. The number of hydrogen-bond donors (Lipinski definition) is 0. The SMILES string of the molecule is CCOc1c(F)cc(C=C(C#N)C#N)cc1F. The van der Waals surface area contributed by atoms with Gasteiger partial charge >= 0.3 is 0 Å². The Morgan fingerprint density at radius 1 is 1.29 bits per heavy atom. The van der Waals surface area contributed by atoms with Crippen LogP contribution in [0.15, 0.2) is 17.7 Å². The van der Waals surface area contributed by atoms with Crippen LogP contribution in [0.5, 0.6) is 5.75 Å². The fourth-order valence-electron chi connectivity index (χ4n) is 1.20. The maximum Gasteiger partial charge on any atom is 0.190 e. The molecule has 5 heteroatoms. The molecule has 0 fully saturated rings. The van der Waals surface area contributed by atoms with Gasteiger partial charge in [-0.1, -0.05) is 0 Å². The van der Waals surface area contributed by atoms with Crippen molar-refractivity contribution >= 4 is 6.08 Å². The molecule has 1 rings (SSSR count). The lowest BCUT2D eigenvalue weighted by Crippen LogP contribution is -1.98. The number of allylic oxidation sites excluding steroid dienone is 1. The number of halogens is 2. The van der Waals surface area contributed by atoms with Crippen molar-refractivity contribution in [2.75, 3.05) is 6.61 Å². The highest BCUT2D eigenvalue weighted by atomic mass is 19.1. The Hall–Kier alpha value is -2.40. The molecule has 0 N–H and O–H groups in total. The molecule has 0 heterocycles. The zero-order valence-electron chi connectivity index (χ0n) is 9.00. The van der Waals surface area contributed by atoms with Crippen molar-refractivity contribution in [2.45, 2.75) is 6.92 Å². The Balaban J connectivity index is 3.21. The van der Waals surface area contributed by atoms with E-state index in [1.54, 1.807) is 19.1 Å². The summed E-state index contributed by atoms with van der Waals surface area (Å²) in [6, 6.07) is 5.21. The van der Waals surface area contributed by atoms with Crippen LogP contribution in [0.3, 0.4) is 0 Å². The molecule has 0 unspecified atom stereocenters. The fraction of sp³-hybridized carbons (Fsp3) is 0.167. The Bertz CT molecular complexity index is 499. The maximum atomic E-state index is 13.4. The largest absolute Gasteiger partial charge is 0.488 e. The van der Waals surface area contributed by atoms with Crippen LogP contribution in [0.2, 0.25) is 0 Å². The topological polar surface area (TPSA) is 56.8 Å². The molecule has 0 aromatic heterocycles. The van der Waals surface area contributed by atoms with Crippen molar-refractivity contribution in [3.05, 3.63) is 34.9 Å². The molecule has 0 aliphatic heterocycles. The predicted octanol–water partition coefficient (Wildman–Crippen LogP) is 2.79. The summed E-state index contributed by atoms with van der Waals surface area (Å²) in [5.41, 5.74) is -0.130. The first kappa shape index (κ1) is 12.7. The molecule has 0 spiro atoms. The number of nitriles is 2. The zero-order chi connectivity index (χ0) is 12.8. The van der Waals surface area contributed by atoms with Gasteiger partial charge in [-0.25, -0.2) is 8.78 Å². The number of ether oxygens (including phenoxy) is 1. The van der Waals surface area contributed by atoms with Gasteiger partial charge in [0.15, 0.2) is 17.4 Å². The van der Waals surface area contributed by atoms with Gasteiger partial charge in [0.1, 0.15) is 17.7 Å². The molecule has 0 bridgehead atoms. The van der Waals surface area contributed by atoms with Gasteiger partial charge in [-0.2, -0.15) is 10.5 Å². The molecule has 0 saturated heterocycles. The molecule has 86 valence electrons. The molecular formula is C12H8F2N2O. The van der Waals surface area contributed by atoms with E-state index in [1.165, 1.54) is 0 Å². The summed E-state index contributed by atoms with van der Waals surface area (Å²) in [4.78, 5) is 0. The summed E-state index contributed by atoms with van der Waals surface area (Å²) < 4.78 is 31.6. The summed E-state index contributed by atoms with van der Waals surface area (Å²) >= 11 is 0. The van der Waals surface area contributed by atoms with Crippen molar-refractivity contribution in [3.8, 4) is 17.9 Å². The standard InChI is InChI=1S/C12H8F2N2O/c1-2-17-12-10(13)4-8(5-11(12)14)3-9(6-15)7-16/h3-5H,2H2,1H3. The lowest BCUT2D eigenvalue weighted by molar-refractivity contribution is 0.302. The Labute approximate surface area is 97.2 Å². The van der Waals surface area contributed by atoms with Gasteiger partial charge in [0, 0.05) is 0 Å². The quantitative estimate of drug-likeness (QED) is 0.755. The van der Waals surface area contributed by atoms with E-state index in [9.17, 15) is 8.78 Å². The van der Waals surface area contributed by atoms with Crippen LogP contribution in [-0.2, 0) is 0 Å². The van der Waals surface area contributed by atoms with Gasteiger partial charge in [-0.05, 0) is 30.7 Å². The summed E-state index contributed by atoms with van der Waals surface area (Å²) in [7, 11) is 0. The van der Waals surface area contributed by atoms with Crippen molar-refractivity contribution in [1.29, 1.82) is 10.5 Å². The van der Waals surface area contributed by atoms with E-state index in [0.717, 1.165) is 18.2 Å². The van der Waals surface area contributed by atoms with Gasteiger partial charge in [0.2, 0.25) is 0 Å². The van der Waals surface area contributed by atoms with Crippen molar-refractivity contribution in [2.24, 2.45) is 0 Å². The van der Waals surface area contributed by atoms with E-state index in [2.05, 4.69) is 0 Å². The summed E-state index contributed by atoms with van der Waals surface area (Å²) in [5.74, 6) is -2.19. The molecule has 17 heavy (non-hydrogen) atoms. The van der Waals surface area contributed by atoms with Gasteiger partial charge in [-0.3, -0.25) is 0 Å². The molecule has 0 aliphatic carbocycles. The van der Waals surface area contributed by atoms with E-state index in [0.29, 0.717) is 0 Å². The Morgan fingerprint density at radius 3 is 2.24 bits per heavy atom. The first-order chi connectivity index (χ1) is 8.12. The predicted molar refractivity (Wildman–Crippen MR) is 56.7 cm³/mol. The van der Waals surface area contributed by atoms with Crippen molar-refractivity contribution in [1.82, 2.24) is 0 Å². The lowest BCUT2D eigenvalue weighted by atomic mass is 10.1. The Kier molecular flexibility index (Phi) is 4.19. The van der Waals surface area contributed by atoms with E-state index in [4.69, 9.17) is 15.3 Å². The van der Waals surface area contributed by atoms with Crippen LogP contribution >= 0.6 is 0 Å². The van der Waals surface area contributed by atoms with Crippen LogP contribution in [0.25, 0.3) is 6.08 Å². The third kappa shape index (κ3) is 3.02. The fourth-order valence-corrected chi connectivity index (χ4v) is 1.20. The highest BCUT2D eigenvalue weighted by Gasteiger charge is 2.11. The Morgan fingerprint density at radius 2 is 1.82 bits per heavy atom. The minimum Gasteiger partial charge on any atom is -0.488 e. The highest BCUT2D eigenvalue weighted by molar-refractivity contribution is 5.62. The lowest BCUT2D eigenvalue weighted by Gasteiger charge is -2.06. The monoisotopic (exact) mass is 234 g/mol. The van der Waals surface area contributed by atoms with Crippen LogP contribution in [0.1, 0.15) is 12.5 Å². The molecule has 1 aromatic carbocycles. The third-order valence-electron chi connectivity index (χ3n) is 1.86. The van der Waals surface area contributed by atoms with Crippen molar-refractivity contribution < 1.29 is 13.5 Å². The van der Waals surface area contributed by atoms with Crippen LogP contribution in [0.4, 0.5) is 8.78 Å². The van der Waals surface area contributed by atoms with Gasteiger partial charge in [-0.15, -0.1) is 0 Å². The van der Waals surface area contributed by atoms with Crippen LogP contribution in [-0.4, -0.2) is 6.61 Å². The van der Waals surface area contributed by atoms with Crippen LogP contribution < -0.4 is 4.74 Å². The average molecular weight is 234 g/mol. The minimum atomic E-state index is -0.867.